The lowest BCUT2D eigenvalue weighted by Crippen LogP contribution is -2.39. The predicted octanol–water partition coefficient (Wildman–Crippen LogP) is 7.57. The normalized spacial score (nSPS) is 14.3. The van der Waals surface area contributed by atoms with Gasteiger partial charge in [-0.05, 0) is 49.4 Å². The van der Waals surface area contributed by atoms with E-state index in [0.717, 1.165) is 30.9 Å². The number of anilines is 1. The lowest BCUT2D eigenvalue weighted by Gasteiger charge is -2.36. The molecule has 174 valence electrons. The summed E-state index contributed by atoms with van der Waals surface area (Å²) >= 11 is 18.8. The van der Waals surface area contributed by atoms with Crippen LogP contribution in [-0.2, 0) is 12.8 Å². The molecule has 1 aromatic carbocycles. The fraction of sp³-hybridized carbons (Fsp3) is 0.400. The summed E-state index contributed by atoms with van der Waals surface area (Å²) in [4.78, 5) is 15.5. The van der Waals surface area contributed by atoms with E-state index in [4.69, 9.17) is 39.5 Å². The van der Waals surface area contributed by atoms with Gasteiger partial charge in [0.2, 0.25) is 5.88 Å². The average Bonchev–Trinajstić information content (AvgIpc) is 2.83. The summed E-state index contributed by atoms with van der Waals surface area (Å²) in [5.41, 5.74) is 2.11. The Hall–Kier alpha value is -2.08. The van der Waals surface area contributed by atoms with E-state index < -0.39 is 0 Å². The van der Waals surface area contributed by atoms with Crippen molar-refractivity contribution in [3.63, 3.8) is 0 Å². The van der Waals surface area contributed by atoms with E-state index >= 15 is 0 Å². The number of halogens is 3. The second-order valence-electron chi connectivity index (χ2n) is 8.23. The summed E-state index contributed by atoms with van der Waals surface area (Å²) in [6.45, 7) is 2.91. The number of aryl methyl sites for hydroxylation is 1. The number of aromatic nitrogens is 3. The third-order valence-electron chi connectivity index (χ3n) is 6.02. The molecule has 0 spiro atoms. The van der Waals surface area contributed by atoms with Gasteiger partial charge in [0, 0.05) is 18.8 Å². The molecule has 4 rings (SSSR count). The largest absolute Gasteiger partial charge is 0.438 e. The van der Waals surface area contributed by atoms with E-state index in [1.807, 2.05) is 12.1 Å². The van der Waals surface area contributed by atoms with Crippen LogP contribution in [0.5, 0.6) is 11.6 Å². The lowest BCUT2D eigenvalue weighted by atomic mass is 9.93. The van der Waals surface area contributed by atoms with Gasteiger partial charge in [0.1, 0.15) is 22.1 Å². The fourth-order valence-corrected chi connectivity index (χ4v) is 5.02. The summed E-state index contributed by atoms with van der Waals surface area (Å²) in [6.07, 6.45) is 11.0. The number of hydrogen-bond donors (Lipinski definition) is 0. The molecule has 0 aliphatic heterocycles. The molecule has 0 atom stereocenters. The van der Waals surface area contributed by atoms with Crippen molar-refractivity contribution in [2.24, 2.45) is 0 Å². The molecule has 5 nitrogen and oxygen atoms in total. The number of benzene rings is 1. The topological polar surface area (TPSA) is 51.1 Å². The van der Waals surface area contributed by atoms with Crippen LogP contribution in [0, 0.1) is 0 Å². The highest BCUT2D eigenvalue weighted by atomic mass is 35.5. The Bertz CT molecular complexity index is 1070. The molecule has 8 heteroatoms. The smallest absolute Gasteiger partial charge is 0.238 e. The van der Waals surface area contributed by atoms with Gasteiger partial charge in [-0.3, -0.25) is 0 Å². The van der Waals surface area contributed by atoms with Crippen molar-refractivity contribution in [3.05, 3.63) is 69.2 Å². The van der Waals surface area contributed by atoms with Crippen LogP contribution < -0.4 is 9.64 Å². The quantitative estimate of drug-likeness (QED) is 0.316. The molecule has 33 heavy (non-hydrogen) atoms. The van der Waals surface area contributed by atoms with E-state index in [9.17, 15) is 0 Å². The molecule has 1 aliphatic carbocycles. The molecule has 2 aromatic heterocycles. The van der Waals surface area contributed by atoms with E-state index in [2.05, 4.69) is 38.9 Å². The second kappa shape index (κ2) is 11.4. The maximum Gasteiger partial charge on any atom is 0.238 e. The highest BCUT2D eigenvalue weighted by Crippen LogP contribution is 2.33. The summed E-state index contributed by atoms with van der Waals surface area (Å²) in [6, 6.07) is 10.1. The van der Waals surface area contributed by atoms with Crippen LogP contribution in [0.4, 0.5) is 5.82 Å². The van der Waals surface area contributed by atoms with Crippen LogP contribution in [0.3, 0.4) is 0 Å². The molecule has 3 aromatic rings. The van der Waals surface area contributed by atoms with E-state index in [1.165, 1.54) is 43.9 Å². The summed E-state index contributed by atoms with van der Waals surface area (Å²) < 4.78 is 5.80. The van der Waals surface area contributed by atoms with Gasteiger partial charge in [0.05, 0.1) is 10.7 Å². The average molecular weight is 506 g/mol. The van der Waals surface area contributed by atoms with Crippen LogP contribution in [0.25, 0.3) is 0 Å². The number of hydrogen-bond acceptors (Lipinski definition) is 5. The van der Waals surface area contributed by atoms with Crippen molar-refractivity contribution in [1.82, 2.24) is 15.0 Å². The van der Waals surface area contributed by atoms with Crippen LogP contribution in [0.1, 0.15) is 50.3 Å². The molecule has 0 N–H and O–H groups in total. The standard InChI is InChI=1S/C25H27Cl3N4O/c1-2-22-23(28)24(31-16-30-22)32(19-6-4-3-5-7-19)13-12-17-8-10-20(11-9-17)33-25-21(27)14-18(26)15-29-25/h8-11,14-16,19H,2-7,12-13H2,1H3. The minimum atomic E-state index is 0.336. The molecule has 0 radical (unpaired) electrons. The Balaban J connectivity index is 1.47. The monoisotopic (exact) mass is 504 g/mol. The van der Waals surface area contributed by atoms with Gasteiger partial charge < -0.3 is 9.64 Å². The first kappa shape index (κ1) is 24.1. The van der Waals surface area contributed by atoms with E-state index in [-0.39, 0.29) is 0 Å². The third-order valence-corrected chi connectivity index (χ3v) is 6.88. The summed E-state index contributed by atoms with van der Waals surface area (Å²) in [7, 11) is 0. The van der Waals surface area contributed by atoms with E-state index in [0.29, 0.717) is 32.7 Å². The molecular formula is C25H27Cl3N4O. The SMILES string of the molecule is CCc1ncnc(N(CCc2ccc(Oc3ncc(Cl)cc3Cl)cc2)C2CCCCC2)c1Cl. The maximum atomic E-state index is 6.72. The van der Waals surface area contributed by atoms with Gasteiger partial charge in [-0.1, -0.05) is 73.1 Å². The second-order valence-corrected chi connectivity index (χ2v) is 9.45. The number of rotatable bonds is 8. The molecule has 0 bridgehead atoms. The zero-order valence-corrected chi connectivity index (χ0v) is 20.9. The molecule has 1 saturated carbocycles. The number of nitrogens with zero attached hydrogens (tertiary/aromatic N) is 4. The molecule has 2 heterocycles. The Morgan fingerprint density at radius 1 is 1.00 bits per heavy atom. The van der Waals surface area contributed by atoms with Gasteiger partial charge >= 0.3 is 0 Å². The minimum absolute atomic E-state index is 0.336. The van der Waals surface area contributed by atoms with Crippen LogP contribution in [0.15, 0.2) is 42.9 Å². The van der Waals surface area contributed by atoms with Crippen molar-refractivity contribution in [3.8, 4) is 11.6 Å². The highest BCUT2D eigenvalue weighted by Gasteiger charge is 2.25. The first-order valence-corrected chi connectivity index (χ1v) is 12.5. The Morgan fingerprint density at radius 3 is 2.45 bits per heavy atom. The number of pyridine rings is 1. The van der Waals surface area contributed by atoms with Crippen molar-refractivity contribution in [2.75, 3.05) is 11.4 Å². The first-order chi connectivity index (χ1) is 16.0. The molecule has 1 fully saturated rings. The van der Waals surface area contributed by atoms with Gasteiger partial charge in [-0.15, -0.1) is 0 Å². The van der Waals surface area contributed by atoms with Gasteiger partial charge in [-0.2, -0.15) is 0 Å². The Morgan fingerprint density at radius 2 is 1.76 bits per heavy atom. The summed E-state index contributed by atoms with van der Waals surface area (Å²) in [5, 5.41) is 1.53. The fourth-order valence-electron chi connectivity index (χ4n) is 4.26. The van der Waals surface area contributed by atoms with Crippen LogP contribution >= 0.6 is 34.8 Å². The number of ether oxygens (including phenoxy) is 1. The minimum Gasteiger partial charge on any atom is -0.438 e. The molecule has 0 amide bonds. The molecular weight excluding hydrogens is 479 g/mol. The van der Waals surface area contributed by atoms with E-state index in [1.54, 1.807) is 12.4 Å². The summed E-state index contributed by atoms with van der Waals surface area (Å²) in [5.74, 6) is 1.87. The molecule has 0 saturated heterocycles. The van der Waals surface area contributed by atoms with Crippen molar-refractivity contribution >= 4 is 40.6 Å². The predicted molar refractivity (Wildman–Crippen MR) is 135 cm³/mol. The zero-order chi connectivity index (χ0) is 23.2. The maximum absolute atomic E-state index is 6.72. The molecule has 1 aliphatic rings. The zero-order valence-electron chi connectivity index (χ0n) is 18.6. The van der Waals surface area contributed by atoms with Crippen molar-refractivity contribution in [1.29, 1.82) is 0 Å². The van der Waals surface area contributed by atoms with Crippen LogP contribution in [-0.4, -0.2) is 27.5 Å². The first-order valence-electron chi connectivity index (χ1n) is 11.4. The van der Waals surface area contributed by atoms with Gasteiger partial charge in [-0.25, -0.2) is 15.0 Å². The van der Waals surface area contributed by atoms with Gasteiger partial charge in [0.25, 0.3) is 0 Å². The lowest BCUT2D eigenvalue weighted by molar-refractivity contribution is 0.413. The van der Waals surface area contributed by atoms with Gasteiger partial charge in [0.15, 0.2) is 5.82 Å². The Kier molecular flexibility index (Phi) is 8.29. The third kappa shape index (κ3) is 6.08. The van der Waals surface area contributed by atoms with Crippen molar-refractivity contribution < 1.29 is 4.74 Å². The van der Waals surface area contributed by atoms with Crippen LogP contribution in [0.2, 0.25) is 15.1 Å². The highest BCUT2D eigenvalue weighted by molar-refractivity contribution is 6.35. The van der Waals surface area contributed by atoms with Crippen molar-refractivity contribution in [2.45, 2.75) is 57.9 Å². The molecule has 0 unspecified atom stereocenters. The Labute approximate surface area is 210 Å².